The van der Waals surface area contributed by atoms with Gasteiger partial charge in [-0.05, 0) is 37.3 Å². The molecule has 1 saturated heterocycles. The van der Waals surface area contributed by atoms with Crippen molar-refractivity contribution in [3.63, 3.8) is 0 Å². The van der Waals surface area contributed by atoms with Crippen molar-refractivity contribution in [1.29, 1.82) is 0 Å². The molecule has 114 valence electrons. The van der Waals surface area contributed by atoms with E-state index in [1.54, 1.807) is 12.1 Å². The number of hydrogen-bond acceptors (Lipinski definition) is 5. The summed E-state index contributed by atoms with van der Waals surface area (Å²) >= 11 is 0. The monoisotopic (exact) mass is 293 g/mol. The normalized spacial score (nSPS) is 16.5. The number of aliphatic carboxylic acids is 1. The quantitative estimate of drug-likeness (QED) is 0.629. The van der Waals surface area contributed by atoms with Gasteiger partial charge in [-0.25, -0.2) is 0 Å². The maximum Gasteiger partial charge on any atom is 0.320 e. The highest BCUT2D eigenvalue weighted by molar-refractivity contribution is 5.74. The number of nitro benzene ring substituents is 1. The average Bonchev–Trinajstić information content (AvgIpc) is 2.47. The molecule has 0 amide bonds. The Kier molecular flexibility index (Phi) is 4.74. The Morgan fingerprint density at radius 2 is 2.05 bits per heavy atom. The van der Waals surface area contributed by atoms with Crippen molar-refractivity contribution < 1.29 is 14.8 Å². The molecular weight excluding hydrogens is 274 g/mol. The van der Waals surface area contributed by atoms with Crippen LogP contribution < -0.4 is 10.6 Å². The van der Waals surface area contributed by atoms with Crippen molar-refractivity contribution in [1.82, 2.24) is 0 Å². The van der Waals surface area contributed by atoms with Crippen LogP contribution in [0.25, 0.3) is 0 Å². The Balaban J connectivity index is 2.26. The van der Waals surface area contributed by atoms with Gasteiger partial charge in [-0.15, -0.1) is 0 Å². The number of rotatable bonds is 5. The molecule has 1 heterocycles. The Labute approximate surface area is 122 Å². The lowest BCUT2D eigenvalue weighted by Crippen LogP contribution is -2.32. The molecule has 1 atom stereocenters. The van der Waals surface area contributed by atoms with Gasteiger partial charge in [0.05, 0.1) is 4.92 Å². The summed E-state index contributed by atoms with van der Waals surface area (Å²) in [5.74, 6) is -1.11. The molecule has 1 aliphatic heterocycles. The van der Waals surface area contributed by atoms with Crippen LogP contribution >= 0.6 is 0 Å². The summed E-state index contributed by atoms with van der Waals surface area (Å²) in [7, 11) is 0. The molecule has 0 radical (unpaired) electrons. The number of benzene rings is 1. The number of carbonyl (C=O) groups is 1. The molecule has 21 heavy (non-hydrogen) atoms. The van der Waals surface area contributed by atoms with Crippen LogP contribution in [0.1, 0.15) is 24.8 Å². The summed E-state index contributed by atoms with van der Waals surface area (Å²) in [5, 5.41) is 20.1. The lowest BCUT2D eigenvalue weighted by Gasteiger charge is -2.28. The Hall–Kier alpha value is -2.15. The van der Waals surface area contributed by atoms with E-state index in [9.17, 15) is 14.9 Å². The van der Waals surface area contributed by atoms with Crippen LogP contribution in [0.15, 0.2) is 18.2 Å². The van der Waals surface area contributed by atoms with Crippen molar-refractivity contribution in [2.75, 3.05) is 18.0 Å². The third kappa shape index (κ3) is 3.69. The molecule has 7 heteroatoms. The zero-order valence-corrected chi connectivity index (χ0v) is 11.7. The third-order valence-corrected chi connectivity index (χ3v) is 3.71. The lowest BCUT2D eigenvalue weighted by atomic mass is 10.0. The topological polar surface area (TPSA) is 110 Å². The molecule has 3 N–H and O–H groups in total. The number of carboxylic acids is 1. The molecule has 0 saturated carbocycles. The first-order valence-electron chi connectivity index (χ1n) is 6.99. The minimum Gasteiger partial charge on any atom is -0.480 e. The maximum absolute atomic E-state index is 11.3. The summed E-state index contributed by atoms with van der Waals surface area (Å²) in [6, 6.07) is 3.81. The number of nitrogens with zero attached hydrogens (tertiary/aromatic N) is 2. The lowest BCUT2D eigenvalue weighted by molar-refractivity contribution is -0.384. The van der Waals surface area contributed by atoms with E-state index in [1.807, 2.05) is 4.90 Å². The summed E-state index contributed by atoms with van der Waals surface area (Å²) in [6.07, 6.45) is 3.29. The van der Waals surface area contributed by atoms with E-state index >= 15 is 0 Å². The van der Waals surface area contributed by atoms with Gasteiger partial charge in [0.15, 0.2) is 0 Å². The van der Waals surface area contributed by atoms with E-state index in [0.717, 1.165) is 32.4 Å². The smallest absolute Gasteiger partial charge is 0.320 e. The molecule has 0 bridgehead atoms. The molecule has 1 aromatic rings. The first kappa shape index (κ1) is 15.2. The third-order valence-electron chi connectivity index (χ3n) is 3.71. The van der Waals surface area contributed by atoms with Crippen molar-refractivity contribution in [3.8, 4) is 0 Å². The van der Waals surface area contributed by atoms with E-state index in [1.165, 1.54) is 6.07 Å². The van der Waals surface area contributed by atoms with Gasteiger partial charge in [0.2, 0.25) is 0 Å². The summed E-state index contributed by atoms with van der Waals surface area (Å²) in [4.78, 5) is 23.6. The van der Waals surface area contributed by atoms with Crippen LogP contribution in [-0.2, 0) is 11.2 Å². The van der Waals surface area contributed by atoms with Crippen LogP contribution in [0, 0.1) is 10.1 Å². The largest absolute Gasteiger partial charge is 0.480 e. The van der Waals surface area contributed by atoms with Crippen LogP contribution in [0.2, 0.25) is 0 Å². The van der Waals surface area contributed by atoms with Gasteiger partial charge < -0.3 is 15.7 Å². The van der Waals surface area contributed by atoms with Crippen LogP contribution in [0.3, 0.4) is 0 Å². The molecule has 0 aromatic heterocycles. The highest BCUT2D eigenvalue weighted by atomic mass is 16.6. The van der Waals surface area contributed by atoms with E-state index in [0.29, 0.717) is 11.3 Å². The fraction of sp³-hybridized carbons (Fsp3) is 0.500. The number of piperidine rings is 1. The Morgan fingerprint density at radius 1 is 1.38 bits per heavy atom. The molecule has 1 fully saturated rings. The molecule has 0 aliphatic carbocycles. The van der Waals surface area contributed by atoms with E-state index in [2.05, 4.69) is 0 Å². The molecule has 2 rings (SSSR count). The number of carboxylic acid groups (broad SMARTS) is 1. The average molecular weight is 293 g/mol. The van der Waals surface area contributed by atoms with E-state index < -0.39 is 16.9 Å². The zero-order valence-electron chi connectivity index (χ0n) is 11.7. The van der Waals surface area contributed by atoms with Gasteiger partial charge in [-0.2, -0.15) is 0 Å². The number of hydrogen-bond donors (Lipinski definition) is 2. The predicted molar refractivity (Wildman–Crippen MR) is 78.5 cm³/mol. The van der Waals surface area contributed by atoms with Gasteiger partial charge in [-0.3, -0.25) is 14.9 Å². The van der Waals surface area contributed by atoms with Gasteiger partial charge in [0.25, 0.3) is 5.69 Å². The molecule has 0 spiro atoms. The van der Waals surface area contributed by atoms with Crippen molar-refractivity contribution in [2.45, 2.75) is 31.7 Å². The molecule has 1 aromatic carbocycles. The van der Waals surface area contributed by atoms with Gasteiger partial charge in [-0.1, -0.05) is 6.07 Å². The minimum atomic E-state index is -1.11. The highest BCUT2D eigenvalue weighted by Gasteiger charge is 2.22. The molecule has 1 aliphatic rings. The van der Waals surface area contributed by atoms with E-state index in [4.69, 9.17) is 10.8 Å². The summed E-state index contributed by atoms with van der Waals surface area (Å²) in [5.41, 5.74) is 6.67. The zero-order chi connectivity index (χ0) is 15.4. The first-order valence-corrected chi connectivity index (χ1v) is 6.99. The fourth-order valence-corrected chi connectivity index (χ4v) is 2.59. The van der Waals surface area contributed by atoms with E-state index in [-0.39, 0.29) is 12.1 Å². The van der Waals surface area contributed by atoms with Gasteiger partial charge >= 0.3 is 5.97 Å². The Morgan fingerprint density at radius 3 is 2.62 bits per heavy atom. The molecule has 7 nitrogen and oxygen atoms in total. The van der Waals surface area contributed by atoms with Crippen LogP contribution in [0.5, 0.6) is 0 Å². The maximum atomic E-state index is 11.3. The standard InChI is InChI=1S/C14H19N3O4/c15-11(14(18)19)8-10-4-5-12(13(9-10)17(20)21)16-6-2-1-3-7-16/h4-5,9,11H,1-3,6-8,15H2,(H,18,19). The van der Waals surface area contributed by atoms with Gasteiger partial charge in [0.1, 0.15) is 11.7 Å². The fourth-order valence-electron chi connectivity index (χ4n) is 2.59. The van der Waals surface area contributed by atoms with Gasteiger partial charge in [0, 0.05) is 19.2 Å². The molecule has 1 unspecified atom stereocenters. The number of nitro groups is 1. The summed E-state index contributed by atoms with van der Waals surface area (Å²) < 4.78 is 0. The second-order valence-corrected chi connectivity index (χ2v) is 5.28. The van der Waals surface area contributed by atoms with Crippen molar-refractivity contribution in [2.24, 2.45) is 5.73 Å². The van der Waals surface area contributed by atoms with Crippen molar-refractivity contribution >= 4 is 17.3 Å². The highest BCUT2D eigenvalue weighted by Crippen LogP contribution is 2.31. The van der Waals surface area contributed by atoms with Crippen LogP contribution in [-0.4, -0.2) is 35.1 Å². The number of nitrogens with two attached hydrogens (primary N) is 1. The minimum absolute atomic E-state index is 0.0204. The second-order valence-electron chi connectivity index (χ2n) is 5.28. The predicted octanol–water partition coefficient (Wildman–Crippen LogP) is 1.54. The number of anilines is 1. The SMILES string of the molecule is NC(Cc1ccc(N2CCCCC2)c([N+](=O)[O-])c1)C(=O)O. The summed E-state index contributed by atoms with van der Waals surface area (Å²) in [6.45, 7) is 1.63. The van der Waals surface area contributed by atoms with Crippen LogP contribution in [0.4, 0.5) is 11.4 Å². The van der Waals surface area contributed by atoms with Crippen molar-refractivity contribution in [3.05, 3.63) is 33.9 Å². The Bertz CT molecular complexity index is 541. The molecular formula is C14H19N3O4. The first-order chi connectivity index (χ1) is 9.99. The second kappa shape index (κ2) is 6.53.